The van der Waals surface area contributed by atoms with Gasteiger partial charge in [0.25, 0.3) is 0 Å². The summed E-state index contributed by atoms with van der Waals surface area (Å²) in [5.74, 6) is 0.0762. The quantitative estimate of drug-likeness (QED) is 0.839. The number of aryl methyl sites for hydroxylation is 1. The van der Waals surface area contributed by atoms with Crippen LogP contribution in [-0.2, 0) is 16.0 Å². The number of carbonyl (C=O) groups excluding carboxylic acids is 2. The molecule has 0 unspecified atom stereocenters. The zero-order chi connectivity index (χ0) is 20.1. The summed E-state index contributed by atoms with van der Waals surface area (Å²) in [6.45, 7) is 6.92. The average molecular weight is 400 g/mol. The van der Waals surface area contributed by atoms with Crippen LogP contribution in [0.2, 0.25) is 5.02 Å². The number of rotatable bonds is 5. The Hall–Kier alpha value is -2.37. The Morgan fingerprint density at radius 1 is 1.00 bits per heavy atom. The third kappa shape index (κ3) is 5.33. The second-order valence-corrected chi connectivity index (χ2v) is 7.69. The Bertz CT molecular complexity index is 843. The maximum atomic E-state index is 12.5. The summed E-state index contributed by atoms with van der Waals surface area (Å²) in [4.78, 5) is 28.8. The van der Waals surface area contributed by atoms with Crippen molar-refractivity contribution in [3.8, 4) is 0 Å². The molecule has 1 saturated heterocycles. The van der Waals surface area contributed by atoms with Gasteiger partial charge < -0.3 is 10.2 Å². The number of hydrogen-bond acceptors (Lipinski definition) is 3. The molecule has 0 aliphatic carbocycles. The molecule has 1 aliphatic heterocycles. The monoisotopic (exact) mass is 399 g/mol. The van der Waals surface area contributed by atoms with Crippen LogP contribution < -0.4 is 5.32 Å². The predicted octanol–water partition coefficient (Wildman–Crippen LogP) is 3.28. The summed E-state index contributed by atoms with van der Waals surface area (Å²) in [6, 6.07) is 13.5. The van der Waals surface area contributed by atoms with Crippen LogP contribution in [0.25, 0.3) is 0 Å². The summed E-state index contributed by atoms with van der Waals surface area (Å²) < 4.78 is 0. The van der Waals surface area contributed by atoms with Crippen molar-refractivity contribution >= 4 is 29.1 Å². The normalized spacial score (nSPS) is 14.8. The second-order valence-electron chi connectivity index (χ2n) is 7.28. The van der Waals surface area contributed by atoms with Gasteiger partial charge in [0.2, 0.25) is 11.8 Å². The summed E-state index contributed by atoms with van der Waals surface area (Å²) >= 11 is 6.10. The summed E-state index contributed by atoms with van der Waals surface area (Å²) in [7, 11) is 0. The van der Waals surface area contributed by atoms with E-state index in [0.717, 1.165) is 16.8 Å². The average Bonchev–Trinajstić information content (AvgIpc) is 2.68. The van der Waals surface area contributed by atoms with E-state index in [0.29, 0.717) is 44.2 Å². The van der Waals surface area contributed by atoms with Crippen molar-refractivity contribution in [3.63, 3.8) is 0 Å². The Balaban J connectivity index is 1.45. The van der Waals surface area contributed by atoms with Crippen molar-refractivity contribution in [2.45, 2.75) is 20.3 Å². The molecule has 28 heavy (non-hydrogen) atoms. The molecule has 0 spiro atoms. The van der Waals surface area contributed by atoms with Gasteiger partial charge in [-0.25, -0.2) is 0 Å². The molecule has 0 bridgehead atoms. The molecule has 0 radical (unpaired) electrons. The van der Waals surface area contributed by atoms with Crippen molar-refractivity contribution in [1.29, 1.82) is 0 Å². The predicted molar refractivity (Wildman–Crippen MR) is 113 cm³/mol. The van der Waals surface area contributed by atoms with Gasteiger partial charge >= 0.3 is 0 Å². The number of halogens is 1. The lowest BCUT2D eigenvalue weighted by molar-refractivity contribution is -0.132. The van der Waals surface area contributed by atoms with Crippen LogP contribution >= 0.6 is 11.6 Å². The SMILES string of the molecule is Cc1ccc(CC(=O)N2CCN(CC(=O)Nc3cccc(Cl)c3C)CC2)cc1. The number of carbonyl (C=O) groups is 2. The van der Waals surface area contributed by atoms with Crippen LogP contribution in [0.4, 0.5) is 5.69 Å². The summed E-state index contributed by atoms with van der Waals surface area (Å²) in [6.07, 6.45) is 0.425. The number of benzene rings is 2. The van der Waals surface area contributed by atoms with E-state index in [-0.39, 0.29) is 11.8 Å². The zero-order valence-corrected chi connectivity index (χ0v) is 17.1. The van der Waals surface area contributed by atoms with Crippen molar-refractivity contribution in [2.24, 2.45) is 0 Å². The van der Waals surface area contributed by atoms with Gasteiger partial charge in [-0.05, 0) is 37.1 Å². The first-order valence-corrected chi connectivity index (χ1v) is 9.91. The molecule has 1 N–H and O–H groups in total. The van der Waals surface area contributed by atoms with Crippen LogP contribution in [0.15, 0.2) is 42.5 Å². The molecule has 148 valence electrons. The van der Waals surface area contributed by atoms with Crippen LogP contribution in [0.3, 0.4) is 0 Å². The highest BCUT2D eigenvalue weighted by Gasteiger charge is 2.22. The van der Waals surface area contributed by atoms with Crippen molar-refractivity contribution in [3.05, 3.63) is 64.2 Å². The van der Waals surface area contributed by atoms with Gasteiger partial charge in [0, 0.05) is 36.9 Å². The molecule has 0 saturated carbocycles. The van der Waals surface area contributed by atoms with Crippen molar-refractivity contribution < 1.29 is 9.59 Å². The van der Waals surface area contributed by atoms with Gasteiger partial charge in [0.1, 0.15) is 0 Å². The van der Waals surface area contributed by atoms with E-state index in [1.54, 1.807) is 6.07 Å². The van der Waals surface area contributed by atoms with Crippen LogP contribution in [0, 0.1) is 13.8 Å². The molecule has 0 atom stereocenters. The maximum Gasteiger partial charge on any atom is 0.238 e. The Labute approximate surface area is 171 Å². The van der Waals surface area contributed by atoms with E-state index in [1.807, 2.05) is 55.1 Å². The van der Waals surface area contributed by atoms with Crippen molar-refractivity contribution in [2.75, 3.05) is 38.0 Å². The molecule has 1 fully saturated rings. The Morgan fingerprint density at radius 2 is 1.68 bits per heavy atom. The number of anilines is 1. The Kier molecular flexibility index (Phi) is 6.70. The fourth-order valence-electron chi connectivity index (χ4n) is 3.28. The molecular formula is C22H26ClN3O2. The van der Waals surface area contributed by atoms with Crippen LogP contribution in [-0.4, -0.2) is 54.3 Å². The number of nitrogens with one attached hydrogen (secondary N) is 1. The maximum absolute atomic E-state index is 12.5. The van der Waals surface area contributed by atoms with E-state index in [2.05, 4.69) is 10.2 Å². The fraction of sp³-hybridized carbons (Fsp3) is 0.364. The lowest BCUT2D eigenvalue weighted by Gasteiger charge is -2.34. The highest BCUT2D eigenvalue weighted by Crippen LogP contribution is 2.22. The second kappa shape index (κ2) is 9.22. The van der Waals surface area contributed by atoms with Crippen LogP contribution in [0.1, 0.15) is 16.7 Å². The van der Waals surface area contributed by atoms with E-state index in [9.17, 15) is 9.59 Å². The molecule has 0 aromatic heterocycles. The smallest absolute Gasteiger partial charge is 0.238 e. The minimum atomic E-state index is -0.0650. The number of hydrogen-bond donors (Lipinski definition) is 1. The van der Waals surface area contributed by atoms with Crippen LogP contribution in [0.5, 0.6) is 0 Å². The minimum Gasteiger partial charge on any atom is -0.340 e. The molecule has 5 nitrogen and oxygen atoms in total. The van der Waals surface area contributed by atoms with Gasteiger partial charge in [-0.15, -0.1) is 0 Å². The van der Waals surface area contributed by atoms with E-state index >= 15 is 0 Å². The highest BCUT2D eigenvalue weighted by molar-refractivity contribution is 6.31. The van der Waals surface area contributed by atoms with E-state index < -0.39 is 0 Å². The molecule has 3 rings (SSSR count). The summed E-state index contributed by atoms with van der Waals surface area (Å²) in [5, 5.41) is 3.56. The van der Waals surface area contributed by atoms with E-state index in [4.69, 9.17) is 11.6 Å². The topological polar surface area (TPSA) is 52.7 Å². The first kappa shape index (κ1) is 20.4. The fourth-order valence-corrected chi connectivity index (χ4v) is 3.46. The molecule has 6 heteroatoms. The number of amides is 2. The van der Waals surface area contributed by atoms with Crippen molar-refractivity contribution in [1.82, 2.24) is 9.80 Å². The molecule has 1 heterocycles. The highest BCUT2D eigenvalue weighted by atomic mass is 35.5. The first-order valence-electron chi connectivity index (χ1n) is 9.53. The zero-order valence-electron chi connectivity index (χ0n) is 16.4. The van der Waals surface area contributed by atoms with Gasteiger partial charge in [0.05, 0.1) is 13.0 Å². The Morgan fingerprint density at radius 3 is 2.36 bits per heavy atom. The first-order chi connectivity index (χ1) is 13.4. The third-order valence-electron chi connectivity index (χ3n) is 5.11. The molecule has 2 aromatic carbocycles. The lowest BCUT2D eigenvalue weighted by Crippen LogP contribution is -2.50. The van der Waals surface area contributed by atoms with Gasteiger partial charge in [0.15, 0.2) is 0 Å². The summed E-state index contributed by atoms with van der Waals surface area (Å²) in [5.41, 5.74) is 3.83. The van der Waals surface area contributed by atoms with Gasteiger partial charge in [-0.2, -0.15) is 0 Å². The molecule has 2 aromatic rings. The van der Waals surface area contributed by atoms with Gasteiger partial charge in [-0.1, -0.05) is 47.5 Å². The molecular weight excluding hydrogens is 374 g/mol. The number of nitrogens with zero attached hydrogens (tertiary/aromatic N) is 2. The van der Waals surface area contributed by atoms with Gasteiger partial charge in [-0.3, -0.25) is 14.5 Å². The third-order valence-corrected chi connectivity index (χ3v) is 5.52. The van der Waals surface area contributed by atoms with E-state index in [1.165, 1.54) is 5.56 Å². The standard InChI is InChI=1S/C22H26ClN3O2/c1-16-6-8-18(9-7-16)14-22(28)26-12-10-25(11-13-26)15-21(27)24-20-5-3-4-19(23)17(20)2/h3-9H,10-15H2,1-2H3,(H,24,27). The minimum absolute atomic E-state index is 0.0650. The lowest BCUT2D eigenvalue weighted by atomic mass is 10.1. The molecule has 1 aliphatic rings. The molecule has 2 amide bonds. The number of piperazine rings is 1. The largest absolute Gasteiger partial charge is 0.340 e.